The highest BCUT2D eigenvalue weighted by Gasteiger charge is 2.45. The van der Waals surface area contributed by atoms with Crippen LogP contribution in [0.4, 0.5) is 0 Å². The Hall–Kier alpha value is -3.13. The average molecular weight is 447 g/mol. The number of nitrogens with zero attached hydrogens (tertiary/aromatic N) is 3. The van der Waals surface area contributed by atoms with Crippen molar-refractivity contribution in [1.29, 1.82) is 0 Å². The van der Waals surface area contributed by atoms with Crippen molar-refractivity contribution in [3.63, 3.8) is 0 Å². The molecule has 2 heterocycles. The fourth-order valence-corrected chi connectivity index (χ4v) is 4.33. The predicted octanol–water partition coefficient (Wildman–Crippen LogP) is 2.78. The summed E-state index contributed by atoms with van der Waals surface area (Å²) in [6, 6.07) is 21.4. The van der Waals surface area contributed by atoms with Crippen molar-refractivity contribution >= 4 is 5.91 Å². The fraction of sp³-hybridized carbons (Fsp3) is 0.346. The van der Waals surface area contributed by atoms with Crippen molar-refractivity contribution in [2.75, 3.05) is 26.2 Å². The lowest BCUT2D eigenvalue weighted by Gasteiger charge is -2.46. The molecule has 172 valence electrons. The van der Waals surface area contributed by atoms with Crippen LogP contribution in [0.25, 0.3) is 0 Å². The predicted molar refractivity (Wildman–Crippen MR) is 125 cm³/mol. The van der Waals surface area contributed by atoms with Crippen molar-refractivity contribution in [1.82, 2.24) is 20.2 Å². The Labute approximate surface area is 194 Å². The van der Waals surface area contributed by atoms with Gasteiger partial charge in [-0.1, -0.05) is 60.7 Å². The van der Waals surface area contributed by atoms with Crippen LogP contribution in [0.2, 0.25) is 0 Å². The monoisotopic (exact) mass is 446 g/mol. The molecule has 1 amide bonds. The van der Waals surface area contributed by atoms with Gasteiger partial charge in [-0.3, -0.25) is 4.79 Å². The smallest absolute Gasteiger partial charge is 0.270 e. The van der Waals surface area contributed by atoms with E-state index in [1.807, 2.05) is 48.5 Å². The van der Waals surface area contributed by atoms with Gasteiger partial charge in [-0.2, -0.15) is 0 Å². The lowest BCUT2D eigenvalue weighted by molar-refractivity contribution is -0.0181. The zero-order valence-electron chi connectivity index (χ0n) is 18.6. The minimum atomic E-state index is -0.871. The van der Waals surface area contributed by atoms with Crippen molar-refractivity contribution in [2.24, 2.45) is 0 Å². The van der Waals surface area contributed by atoms with E-state index in [1.165, 1.54) is 12.5 Å². The van der Waals surface area contributed by atoms with Crippen LogP contribution in [0, 0.1) is 0 Å². The minimum absolute atomic E-state index is 0.283. The van der Waals surface area contributed by atoms with Crippen molar-refractivity contribution in [3.05, 3.63) is 96.1 Å². The third kappa shape index (κ3) is 5.82. The van der Waals surface area contributed by atoms with E-state index >= 15 is 0 Å². The highest BCUT2D eigenvalue weighted by molar-refractivity contribution is 5.92. The summed E-state index contributed by atoms with van der Waals surface area (Å²) < 4.78 is 5.79. The lowest BCUT2D eigenvalue weighted by Crippen LogP contribution is -2.62. The van der Waals surface area contributed by atoms with E-state index < -0.39 is 11.6 Å². The van der Waals surface area contributed by atoms with Crippen molar-refractivity contribution < 1.29 is 14.6 Å². The Balaban J connectivity index is 1.35. The summed E-state index contributed by atoms with van der Waals surface area (Å²) in [4.78, 5) is 23.1. The molecule has 1 saturated heterocycles. The molecule has 2 N–H and O–H groups in total. The summed E-state index contributed by atoms with van der Waals surface area (Å²) in [6.07, 6.45) is 3.61. The molecule has 7 heteroatoms. The number of amides is 1. The van der Waals surface area contributed by atoms with Gasteiger partial charge in [0.2, 0.25) is 0 Å². The molecule has 0 aliphatic carbocycles. The largest absolute Gasteiger partial charge is 0.389 e. The molecule has 2 atom stereocenters. The third-order valence-corrected chi connectivity index (χ3v) is 6.14. The molecule has 7 nitrogen and oxygen atoms in total. The normalized spacial score (nSPS) is 20.9. The van der Waals surface area contributed by atoms with Crippen LogP contribution < -0.4 is 5.32 Å². The number of likely N-dealkylation sites (tertiary alicyclic amines) is 1. The molecule has 1 aromatic heterocycles. The van der Waals surface area contributed by atoms with Gasteiger partial charge in [0.25, 0.3) is 5.91 Å². The number of carbonyl (C=O) groups is 1. The van der Waals surface area contributed by atoms with E-state index in [0.717, 1.165) is 30.6 Å². The Morgan fingerprint density at radius 3 is 2.58 bits per heavy atom. The first kappa shape index (κ1) is 23.0. The maximum absolute atomic E-state index is 12.9. The highest BCUT2D eigenvalue weighted by Crippen LogP contribution is 2.33. The molecule has 3 aromatic rings. The van der Waals surface area contributed by atoms with Gasteiger partial charge >= 0.3 is 0 Å². The highest BCUT2D eigenvalue weighted by atomic mass is 16.5. The van der Waals surface area contributed by atoms with Crippen LogP contribution in [0.5, 0.6) is 0 Å². The first-order chi connectivity index (χ1) is 16.2. The van der Waals surface area contributed by atoms with E-state index in [0.29, 0.717) is 26.2 Å². The number of ether oxygens (including phenoxy) is 1. The van der Waals surface area contributed by atoms with Crippen LogP contribution in [-0.2, 0) is 16.9 Å². The molecule has 4 rings (SSSR count). The summed E-state index contributed by atoms with van der Waals surface area (Å²) in [5.41, 5.74) is 1.47. The van der Waals surface area contributed by atoms with E-state index in [2.05, 4.69) is 32.3 Å². The van der Waals surface area contributed by atoms with Gasteiger partial charge in [-0.15, -0.1) is 0 Å². The molecule has 0 spiro atoms. The van der Waals surface area contributed by atoms with Crippen LogP contribution in [0.3, 0.4) is 0 Å². The lowest BCUT2D eigenvalue weighted by atomic mass is 9.78. The van der Waals surface area contributed by atoms with Gasteiger partial charge in [-0.25, -0.2) is 9.97 Å². The van der Waals surface area contributed by atoms with Gasteiger partial charge in [0.1, 0.15) is 12.0 Å². The molecule has 2 aromatic carbocycles. The number of aliphatic hydroxyl groups excluding tert-OH is 1. The second-order valence-electron chi connectivity index (χ2n) is 8.34. The standard InChI is InChI=1S/C26H30N4O3/c31-24-18-30(15-7-17-33-19-21-8-3-1-4-9-21)16-13-26(24,22-10-5-2-6-11-22)29-25(32)23-12-14-27-20-28-23/h1-6,8-12,14,20,24,31H,7,13,15-19H2,(H,29,32)/t24-,26+/m1/s1. The maximum Gasteiger partial charge on any atom is 0.270 e. The van der Waals surface area contributed by atoms with Crippen LogP contribution in [-0.4, -0.2) is 58.2 Å². The zero-order chi connectivity index (χ0) is 22.9. The maximum atomic E-state index is 12.9. The van der Waals surface area contributed by atoms with Gasteiger partial charge in [-0.05, 0) is 30.0 Å². The van der Waals surface area contributed by atoms with Gasteiger partial charge < -0.3 is 20.1 Å². The van der Waals surface area contributed by atoms with E-state index in [9.17, 15) is 9.90 Å². The molecule has 1 aliphatic rings. The second-order valence-corrected chi connectivity index (χ2v) is 8.34. The number of hydrogen-bond donors (Lipinski definition) is 2. The molecular weight excluding hydrogens is 416 g/mol. The zero-order valence-corrected chi connectivity index (χ0v) is 18.6. The molecule has 33 heavy (non-hydrogen) atoms. The number of rotatable bonds is 9. The van der Waals surface area contributed by atoms with Crippen molar-refractivity contribution in [3.8, 4) is 0 Å². The first-order valence-corrected chi connectivity index (χ1v) is 11.3. The minimum Gasteiger partial charge on any atom is -0.389 e. The van der Waals surface area contributed by atoms with Crippen LogP contribution in [0.15, 0.2) is 79.3 Å². The molecule has 1 aliphatic heterocycles. The quantitative estimate of drug-likeness (QED) is 0.492. The fourth-order valence-electron chi connectivity index (χ4n) is 4.33. The number of benzene rings is 2. The van der Waals surface area contributed by atoms with Crippen LogP contribution >= 0.6 is 0 Å². The summed E-state index contributed by atoms with van der Waals surface area (Å²) in [6.45, 7) is 3.33. The number of hydrogen-bond acceptors (Lipinski definition) is 6. The Morgan fingerprint density at radius 2 is 1.88 bits per heavy atom. The summed E-state index contributed by atoms with van der Waals surface area (Å²) in [5, 5.41) is 14.4. The topological polar surface area (TPSA) is 87.6 Å². The van der Waals surface area contributed by atoms with Crippen molar-refractivity contribution in [2.45, 2.75) is 31.1 Å². The molecule has 0 unspecified atom stereocenters. The Bertz CT molecular complexity index is 1000. The molecule has 0 radical (unpaired) electrons. The van der Waals surface area contributed by atoms with E-state index in [-0.39, 0.29) is 11.6 Å². The SMILES string of the molecule is O=C(N[C@]1(c2ccccc2)CCN(CCCOCc2ccccc2)C[C@H]1O)c1ccncn1. The van der Waals surface area contributed by atoms with Gasteiger partial charge in [0, 0.05) is 32.4 Å². The number of aliphatic hydroxyl groups is 1. The third-order valence-electron chi connectivity index (χ3n) is 6.14. The first-order valence-electron chi connectivity index (χ1n) is 11.3. The molecular formula is C26H30N4O3. The number of nitrogens with one attached hydrogen (secondary N) is 1. The molecule has 0 bridgehead atoms. The van der Waals surface area contributed by atoms with E-state index in [4.69, 9.17) is 4.74 Å². The summed E-state index contributed by atoms with van der Waals surface area (Å²) in [5.74, 6) is -0.317. The number of carbonyl (C=O) groups excluding carboxylic acids is 1. The Morgan fingerprint density at radius 1 is 1.12 bits per heavy atom. The summed E-state index contributed by atoms with van der Waals surface area (Å²) in [7, 11) is 0. The molecule has 1 fully saturated rings. The number of aromatic nitrogens is 2. The van der Waals surface area contributed by atoms with Gasteiger partial charge in [0.05, 0.1) is 18.2 Å². The number of β-amino-alcohol motifs (C(OH)–C–C–N with tert-alkyl or cyclic N) is 1. The Kier molecular flexibility index (Phi) is 7.78. The average Bonchev–Trinajstić information content (AvgIpc) is 2.87. The van der Waals surface area contributed by atoms with Gasteiger partial charge in [0.15, 0.2) is 0 Å². The molecule has 0 saturated carbocycles. The summed E-state index contributed by atoms with van der Waals surface area (Å²) >= 11 is 0. The van der Waals surface area contributed by atoms with E-state index in [1.54, 1.807) is 6.07 Å². The van der Waals surface area contributed by atoms with Crippen LogP contribution in [0.1, 0.15) is 34.5 Å². The number of piperidine rings is 1. The second kappa shape index (κ2) is 11.1.